The summed E-state index contributed by atoms with van der Waals surface area (Å²) in [5.41, 5.74) is 0.702. The van der Waals surface area contributed by atoms with Gasteiger partial charge in [0, 0.05) is 5.56 Å². The molecule has 0 aromatic heterocycles. The third-order valence-corrected chi connectivity index (χ3v) is 3.47. The number of likely N-dealkylation sites (N-methyl/N-ethyl adjacent to an activating group) is 1. The highest BCUT2D eigenvalue weighted by Gasteiger charge is 2.11. The molecule has 0 aliphatic heterocycles. The largest absolute Gasteiger partial charge is 0.496 e. The Morgan fingerprint density at radius 2 is 2.21 bits per heavy atom. The van der Waals surface area contributed by atoms with Crippen LogP contribution in [-0.2, 0) is 0 Å². The van der Waals surface area contributed by atoms with Gasteiger partial charge in [-0.1, -0.05) is 0 Å². The topological polar surface area (TPSA) is 41.6 Å². The molecule has 0 radical (unpaired) electrons. The third kappa shape index (κ3) is 5.30. The van der Waals surface area contributed by atoms with E-state index in [-0.39, 0.29) is 5.78 Å². The Bertz CT molecular complexity index is 424. The Balaban J connectivity index is 2.55. The number of hydrogen-bond donors (Lipinski definition) is 1. The number of hydrogen-bond acceptors (Lipinski definition) is 4. The van der Waals surface area contributed by atoms with Gasteiger partial charge in [0.15, 0.2) is 5.78 Å². The fourth-order valence-electron chi connectivity index (χ4n) is 1.78. The zero-order chi connectivity index (χ0) is 14.3. The van der Waals surface area contributed by atoms with Gasteiger partial charge in [-0.05, 0) is 67.7 Å². The lowest BCUT2D eigenvalue weighted by atomic mass is 10.1. The first-order valence-corrected chi connectivity index (χ1v) is 7.07. The summed E-state index contributed by atoms with van der Waals surface area (Å²) >= 11 is 3.39. The van der Waals surface area contributed by atoms with E-state index in [1.165, 1.54) is 0 Å². The van der Waals surface area contributed by atoms with Crippen LogP contribution >= 0.6 is 15.9 Å². The molecule has 0 amide bonds. The highest BCUT2D eigenvalue weighted by Crippen LogP contribution is 2.25. The molecule has 0 saturated heterocycles. The molecular formula is C14H21BrN2O2. The van der Waals surface area contributed by atoms with E-state index in [9.17, 15) is 4.79 Å². The van der Waals surface area contributed by atoms with Crippen LogP contribution in [0, 0.1) is 0 Å². The number of halogens is 1. The van der Waals surface area contributed by atoms with E-state index in [0.717, 1.165) is 29.7 Å². The molecule has 1 aromatic rings. The number of nitrogens with one attached hydrogen (secondary N) is 1. The van der Waals surface area contributed by atoms with Crippen molar-refractivity contribution >= 4 is 21.7 Å². The van der Waals surface area contributed by atoms with Gasteiger partial charge >= 0.3 is 0 Å². The van der Waals surface area contributed by atoms with E-state index in [4.69, 9.17) is 4.74 Å². The van der Waals surface area contributed by atoms with E-state index < -0.39 is 0 Å². The molecule has 4 nitrogen and oxygen atoms in total. The molecule has 106 valence electrons. The van der Waals surface area contributed by atoms with E-state index in [1.807, 2.05) is 25.1 Å². The molecular weight excluding hydrogens is 308 g/mol. The monoisotopic (exact) mass is 328 g/mol. The van der Waals surface area contributed by atoms with E-state index >= 15 is 0 Å². The summed E-state index contributed by atoms with van der Waals surface area (Å²) in [6, 6.07) is 5.41. The average molecular weight is 329 g/mol. The van der Waals surface area contributed by atoms with Crippen LogP contribution in [0.5, 0.6) is 5.75 Å². The van der Waals surface area contributed by atoms with Crippen LogP contribution in [0.2, 0.25) is 0 Å². The second-order valence-corrected chi connectivity index (χ2v) is 5.32. The quantitative estimate of drug-likeness (QED) is 0.586. The summed E-state index contributed by atoms with van der Waals surface area (Å²) in [7, 11) is 5.50. The number of ketones is 1. The van der Waals surface area contributed by atoms with E-state index in [2.05, 4.69) is 21.2 Å². The number of ether oxygens (including phenoxy) is 1. The first kappa shape index (κ1) is 16.1. The second-order valence-electron chi connectivity index (χ2n) is 4.47. The van der Waals surface area contributed by atoms with Gasteiger partial charge < -0.3 is 10.1 Å². The molecule has 0 aliphatic carbocycles. The Kier molecular flexibility index (Phi) is 7.05. The smallest absolute Gasteiger partial charge is 0.176 e. The molecule has 19 heavy (non-hydrogen) atoms. The Morgan fingerprint density at radius 3 is 2.79 bits per heavy atom. The van der Waals surface area contributed by atoms with Gasteiger partial charge in [0.1, 0.15) is 5.75 Å². The minimum atomic E-state index is 0.121. The number of nitrogens with zero attached hydrogens (tertiary/aromatic N) is 1. The predicted octanol–water partition coefficient (Wildman–Crippen LogP) is 2.18. The van der Waals surface area contributed by atoms with Gasteiger partial charge in [0.05, 0.1) is 18.1 Å². The molecule has 1 aromatic carbocycles. The van der Waals surface area contributed by atoms with Crippen molar-refractivity contribution in [1.82, 2.24) is 10.2 Å². The SMILES string of the molecule is CNCCCN(C)CC(=O)c1ccc(OC)c(Br)c1. The standard InChI is InChI=1S/C14H21BrN2O2/c1-16-7-4-8-17(2)10-13(18)11-5-6-14(19-3)12(15)9-11/h5-6,9,16H,4,7-8,10H2,1-3H3. The molecule has 0 heterocycles. The number of carbonyl (C=O) groups is 1. The number of benzene rings is 1. The summed E-state index contributed by atoms with van der Waals surface area (Å²) < 4.78 is 5.96. The normalized spacial score (nSPS) is 10.8. The molecule has 1 N–H and O–H groups in total. The van der Waals surface area contributed by atoms with Gasteiger partial charge in [0.2, 0.25) is 0 Å². The summed E-state index contributed by atoms with van der Waals surface area (Å²) in [6.45, 7) is 2.30. The summed E-state index contributed by atoms with van der Waals surface area (Å²) in [4.78, 5) is 14.2. The minimum Gasteiger partial charge on any atom is -0.496 e. The van der Waals surface area contributed by atoms with Crippen LogP contribution < -0.4 is 10.1 Å². The lowest BCUT2D eigenvalue weighted by Crippen LogP contribution is -2.28. The molecule has 5 heteroatoms. The Hall–Kier alpha value is -0.910. The van der Waals surface area contributed by atoms with Gasteiger partial charge in [0.25, 0.3) is 0 Å². The molecule has 0 spiro atoms. The van der Waals surface area contributed by atoms with Crippen molar-refractivity contribution in [2.45, 2.75) is 6.42 Å². The van der Waals surface area contributed by atoms with Crippen molar-refractivity contribution in [3.8, 4) is 5.75 Å². The molecule has 0 aliphatic rings. The van der Waals surface area contributed by atoms with Crippen molar-refractivity contribution < 1.29 is 9.53 Å². The maximum atomic E-state index is 12.1. The first-order chi connectivity index (χ1) is 9.08. The van der Waals surface area contributed by atoms with Crippen molar-refractivity contribution in [1.29, 1.82) is 0 Å². The van der Waals surface area contributed by atoms with Gasteiger partial charge in [-0.15, -0.1) is 0 Å². The fourth-order valence-corrected chi connectivity index (χ4v) is 2.32. The van der Waals surface area contributed by atoms with Crippen LogP contribution in [0.1, 0.15) is 16.8 Å². The predicted molar refractivity (Wildman–Crippen MR) is 81.1 cm³/mol. The third-order valence-electron chi connectivity index (χ3n) is 2.85. The van der Waals surface area contributed by atoms with E-state index in [1.54, 1.807) is 19.2 Å². The van der Waals surface area contributed by atoms with Gasteiger partial charge in [-0.2, -0.15) is 0 Å². The highest BCUT2D eigenvalue weighted by molar-refractivity contribution is 9.10. The van der Waals surface area contributed by atoms with Crippen LogP contribution in [0.3, 0.4) is 0 Å². The molecule has 0 unspecified atom stereocenters. The molecule has 0 atom stereocenters. The molecule has 0 fully saturated rings. The Labute approximate surface area is 123 Å². The Morgan fingerprint density at radius 1 is 1.47 bits per heavy atom. The van der Waals surface area contributed by atoms with E-state index in [0.29, 0.717) is 12.1 Å². The number of Topliss-reactive ketones (excluding diaryl/α,β-unsaturated/α-hetero) is 1. The average Bonchev–Trinajstić information content (AvgIpc) is 2.38. The molecule has 0 bridgehead atoms. The summed E-state index contributed by atoms with van der Waals surface area (Å²) in [6.07, 6.45) is 1.03. The maximum absolute atomic E-state index is 12.1. The fraction of sp³-hybridized carbons (Fsp3) is 0.500. The first-order valence-electron chi connectivity index (χ1n) is 6.28. The number of carbonyl (C=O) groups excluding carboxylic acids is 1. The van der Waals surface area contributed by atoms with Crippen molar-refractivity contribution in [3.05, 3.63) is 28.2 Å². The number of methoxy groups -OCH3 is 1. The van der Waals surface area contributed by atoms with Crippen molar-refractivity contribution in [2.24, 2.45) is 0 Å². The minimum absolute atomic E-state index is 0.121. The molecule has 1 rings (SSSR count). The zero-order valence-electron chi connectivity index (χ0n) is 11.7. The maximum Gasteiger partial charge on any atom is 0.176 e. The van der Waals surface area contributed by atoms with Crippen LogP contribution in [0.25, 0.3) is 0 Å². The summed E-state index contributed by atoms with van der Waals surface area (Å²) in [5, 5.41) is 3.10. The second kappa shape index (κ2) is 8.30. The zero-order valence-corrected chi connectivity index (χ0v) is 13.3. The van der Waals surface area contributed by atoms with Crippen LogP contribution in [-0.4, -0.2) is 51.5 Å². The summed E-state index contributed by atoms with van der Waals surface area (Å²) in [5.74, 6) is 0.856. The van der Waals surface area contributed by atoms with Crippen LogP contribution in [0.15, 0.2) is 22.7 Å². The lowest BCUT2D eigenvalue weighted by molar-refractivity contribution is 0.0945. The van der Waals surface area contributed by atoms with Crippen LogP contribution in [0.4, 0.5) is 0 Å². The van der Waals surface area contributed by atoms with Crippen molar-refractivity contribution in [2.75, 3.05) is 40.8 Å². The molecule has 0 saturated carbocycles. The number of rotatable bonds is 8. The lowest BCUT2D eigenvalue weighted by Gasteiger charge is -2.15. The highest BCUT2D eigenvalue weighted by atomic mass is 79.9. The van der Waals surface area contributed by atoms with Crippen molar-refractivity contribution in [3.63, 3.8) is 0 Å². The van der Waals surface area contributed by atoms with Gasteiger partial charge in [-0.25, -0.2) is 0 Å². The van der Waals surface area contributed by atoms with Gasteiger partial charge in [-0.3, -0.25) is 9.69 Å².